The lowest BCUT2D eigenvalue weighted by Gasteiger charge is -2.11. The SMILES string of the molecule is CC(C)c1nn(CC=O)c(=O)c2ccc(Cl)cc12. The number of aldehydes is 1. The molecule has 0 N–H and O–H groups in total. The fraction of sp³-hybridized carbons (Fsp3) is 0.308. The van der Waals surface area contributed by atoms with E-state index in [0.717, 1.165) is 11.1 Å². The number of hydrogen-bond donors (Lipinski definition) is 0. The Morgan fingerprint density at radius 3 is 2.72 bits per heavy atom. The third-order valence-electron chi connectivity index (χ3n) is 2.75. The standard InChI is InChI=1S/C13H13ClN2O2/c1-8(2)12-11-7-9(14)3-4-10(11)13(18)16(15-12)5-6-17/h3-4,6-8H,5H2,1-2H3. The van der Waals surface area contributed by atoms with E-state index in [0.29, 0.717) is 16.7 Å². The monoisotopic (exact) mass is 264 g/mol. The van der Waals surface area contributed by atoms with E-state index in [1.54, 1.807) is 18.2 Å². The Bertz CT molecular complexity index is 662. The summed E-state index contributed by atoms with van der Waals surface area (Å²) in [6.45, 7) is 3.94. The third kappa shape index (κ3) is 2.16. The molecule has 0 aliphatic carbocycles. The molecule has 0 unspecified atom stereocenters. The van der Waals surface area contributed by atoms with Crippen molar-refractivity contribution in [1.82, 2.24) is 9.78 Å². The quantitative estimate of drug-likeness (QED) is 0.800. The molecule has 2 aromatic rings. The number of carbonyl (C=O) groups excluding carboxylic acids is 1. The summed E-state index contributed by atoms with van der Waals surface area (Å²) in [6, 6.07) is 5.08. The van der Waals surface area contributed by atoms with Gasteiger partial charge in [-0.25, -0.2) is 4.68 Å². The maximum Gasteiger partial charge on any atom is 0.275 e. The zero-order valence-corrected chi connectivity index (χ0v) is 10.9. The van der Waals surface area contributed by atoms with Crippen molar-refractivity contribution >= 4 is 28.7 Å². The van der Waals surface area contributed by atoms with Crippen LogP contribution in [0.5, 0.6) is 0 Å². The van der Waals surface area contributed by atoms with Gasteiger partial charge in [0.1, 0.15) is 12.8 Å². The number of carbonyl (C=O) groups is 1. The highest BCUT2D eigenvalue weighted by Crippen LogP contribution is 2.23. The van der Waals surface area contributed by atoms with Crippen LogP contribution in [0.2, 0.25) is 5.02 Å². The van der Waals surface area contributed by atoms with E-state index in [4.69, 9.17) is 11.6 Å². The second-order valence-corrected chi connectivity index (χ2v) is 4.82. The van der Waals surface area contributed by atoms with E-state index in [2.05, 4.69) is 5.10 Å². The summed E-state index contributed by atoms with van der Waals surface area (Å²) in [5, 5.41) is 6.11. The molecule has 0 saturated carbocycles. The normalized spacial score (nSPS) is 11.1. The minimum absolute atomic E-state index is 0.0306. The van der Waals surface area contributed by atoms with Crippen molar-refractivity contribution in [2.75, 3.05) is 0 Å². The van der Waals surface area contributed by atoms with Crippen LogP contribution in [0.25, 0.3) is 10.8 Å². The molecule has 0 fully saturated rings. The summed E-state index contributed by atoms with van der Waals surface area (Å²) < 4.78 is 1.19. The van der Waals surface area contributed by atoms with Crippen LogP contribution in [-0.2, 0) is 11.3 Å². The zero-order valence-electron chi connectivity index (χ0n) is 10.2. The molecule has 4 nitrogen and oxygen atoms in total. The maximum atomic E-state index is 12.1. The van der Waals surface area contributed by atoms with Crippen molar-refractivity contribution < 1.29 is 4.79 Å². The minimum atomic E-state index is -0.266. The Balaban J connectivity index is 2.87. The molecule has 0 spiro atoms. The highest BCUT2D eigenvalue weighted by molar-refractivity contribution is 6.31. The van der Waals surface area contributed by atoms with Gasteiger partial charge in [0, 0.05) is 10.4 Å². The molecule has 1 heterocycles. The Morgan fingerprint density at radius 1 is 1.39 bits per heavy atom. The lowest BCUT2D eigenvalue weighted by atomic mass is 10.0. The summed E-state index contributed by atoms with van der Waals surface area (Å²) in [6.07, 6.45) is 0.667. The van der Waals surface area contributed by atoms with Gasteiger partial charge in [0.2, 0.25) is 0 Å². The Kier molecular flexibility index (Phi) is 3.48. The first-order valence-corrected chi connectivity index (χ1v) is 6.06. The molecule has 0 radical (unpaired) electrons. The van der Waals surface area contributed by atoms with Crippen LogP contribution in [0, 0.1) is 0 Å². The average molecular weight is 265 g/mol. The van der Waals surface area contributed by atoms with Gasteiger partial charge in [-0.1, -0.05) is 25.4 Å². The molecule has 1 aromatic heterocycles. The predicted octanol–water partition coefficient (Wildman–Crippen LogP) is 2.37. The fourth-order valence-corrected chi connectivity index (χ4v) is 2.08. The lowest BCUT2D eigenvalue weighted by Crippen LogP contribution is -2.25. The van der Waals surface area contributed by atoms with Gasteiger partial charge < -0.3 is 4.79 Å². The predicted molar refractivity (Wildman–Crippen MR) is 71.2 cm³/mol. The molecular formula is C13H13ClN2O2. The van der Waals surface area contributed by atoms with Crippen LogP contribution in [-0.4, -0.2) is 16.1 Å². The van der Waals surface area contributed by atoms with Crippen LogP contribution in [0.1, 0.15) is 25.5 Å². The highest BCUT2D eigenvalue weighted by Gasteiger charge is 2.13. The summed E-state index contributed by atoms with van der Waals surface area (Å²) in [5.41, 5.74) is 0.507. The second-order valence-electron chi connectivity index (χ2n) is 4.38. The summed E-state index contributed by atoms with van der Waals surface area (Å²) in [5.74, 6) is 0.143. The minimum Gasteiger partial charge on any atom is -0.301 e. The Hall–Kier alpha value is -1.68. The number of nitrogens with zero attached hydrogens (tertiary/aromatic N) is 2. The molecule has 2 rings (SSSR count). The van der Waals surface area contributed by atoms with Gasteiger partial charge in [0.25, 0.3) is 5.56 Å². The number of fused-ring (bicyclic) bond motifs is 1. The molecule has 0 aliphatic rings. The first-order chi connectivity index (χ1) is 8.54. The van der Waals surface area contributed by atoms with Gasteiger partial charge in [-0.3, -0.25) is 4.79 Å². The Morgan fingerprint density at radius 2 is 2.11 bits per heavy atom. The number of halogens is 1. The number of aromatic nitrogens is 2. The van der Waals surface area contributed by atoms with Crippen molar-refractivity contribution in [3.8, 4) is 0 Å². The van der Waals surface area contributed by atoms with E-state index in [1.165, 1.54) is 4.68 Å². The van der Waals surface area contributed by atoms with Gasteiger partial charge in [0.15, 0.2) is 0 Å². The van der Waals surface area contributed by atoms with Crippen LogP contribution in [0.3, 0.4) is 0 Å². The largest absolute Gasteiger partial charge is 0.301 e. The van der Waals surface area contributed by atoms with Gasteiger partial charge in [0.05, 0.1) is 11.1 Å². The molecular weight excluding hydrogens is 252 g/mol. The van der Waals surface area contributed by atoms with Crippen molar-refractivity contribution in [2.45, 2.75) is 26.3 Å². The molecule has 1 aromatic carbocycles. The number of rotatable bonds is 3. The first kappa shape index (κ1) is 12.8. The molecule has 5 heteroatoms. The molecule has 0 bridgehead atoms. The van der Waals surface area contributed by atoms with E-state index in [9.17, 15) is 9.59 Å². The summed E-state index contributed by atoms with van der Waals surface area (Å²) in [7, 11) is 0. The zero-order chi connectivity index (χ0) is 13.3. The van der Waals surface area contributed by atoms with Gasteiger partial charge >= 0.3 is 0 Å². The topological polar surface area (TPSA) is 52.0 Å². The smallest absolute Gasteiger partial charge is 0.275 e. The fourth-order valence-electron chi connectivity index (χ4n) is 1.90. The van der Waals surface area contributed by atoms with Crippen molar-refractivity contribution in [3.05, 3.63) is 39.3 Å². The molecule has 0 aliphatic heterocycles. The summed E-state index contributed by atoms with van der Waals surface area (Å²) >= 11 is 5.96. The van der Waals surface area contributed by atoms with E-state index in [1.807, 2.05) is 13.8 Å². The third-order valence-corrected chi connectivity index (χ3v) is 2.98. The molecule has 0 saturated heterocycles. The van der Waals surface area contributed by atoms with E-state index < -0.39 is 0 Å². The lowest BCUT2D eigenvalue weighted by molar-refractivity contribution is -0.108. The van der Waals surface area contributed by atoms with Crippen LogP contribution < -0.4 is 5.56 Å². The van der Waals surface area contributed by atoms with Gasteiger partial charge in [-0.05, 0) is 24.1 Å². The second kappa shape index (κ2) is 4.90. The van der Waals surface area contributed by atoms with Crippen molar-refractivity contribution in [3.63, 3.8) is 0 Å². The van der Waals surface area contributed by atoms with Gasteiger partial charge in [-0.2, -0.15) is 5.10 Å². The van der Waals surface area contributed by atoms with Crippen LogP contribution in [0.15, 0.2) is 23.0 Å². The molecule has 0 amide bonds. The maximum absolute atomic E-state index is 12.1. The number of hydrogen-bond acceptors (Lipinski definition) is 3. The molecule has 94 valence electrons. The van der Waals surface area contributed by atoms with Crippen molar-refractivity contribution in [2.24, 2.45) is 0 Å². The first-order valence-electron chi connectivity index (χ1n) is 5.68. The highest BCUT2D eigenvalue weighted by atomic mass is 35.5. The van der Waals surface area contributed by atoms with Crippen LogP contribution in [0.4, 0.5) is 0 Å². The van der Waals surface area contributed by atoms with Crippen molar-refractivity contribution in [1.29, 1.82) is 0 Å². The van der Waals surface area contributed by atoms with E-state index >= 15 is 0 Å². The van der Waals surface area contributed by atoms with Crippen LogP contribution >= 0.6 is 11.6 Å². The van der Waals surface area contributed by atoms with E-state index in [-0.39, 0.29) is 18.0 Å². The molecule has 0 atom stereocenters. The average Bonchev–Trinajstić information content (AvgIpc) is 2.32. The van der Waals surface area contributed by atoms with Gasteiger partial charge in [-0.15, -0.1) is 0 Å². The molecule has 18 heavy (non-hydrogen) atoms. The summed E-state index contributed by atoms with van der Waals surface area (Å²) in [4.78, 5) is 22.7. The Labute approximate surface area is 109 Å². The number of benzene rings is 1.